The Labute approximate surface area is 115 Å². The second-order valence-electron chi connectivity index (χ2n) is 5.65. The van der Waals surface area contributed by atoms with Gasteiger partial charge < -0.3 is 10.1 Å². The summed E-state index contributed by atoms with van der Waals surface area (Å²) in [4.78, 5) is 2.57. The van der Waals surface area contributed by atoms with E-state index >= 15 is 0 Å². The van der Waals surface area contributed by atoms with Gasteiger partial charge in [-0.2, -0.15) is 0 Å². The fraction of sp³-hybridized carbons (Fsp3) is 0.625. The van der Waals surface area contributed by atoms with Crippen LogP contribution in [0.4, 0.5) is 0 Å². The number of rotatable bonds is 3. The van der Waals surface area contributed by atoms with Crippen molar-refractivity contribution < 1.29 is 4.74 Å². The highest BCUT2D eigenvalue weighted by atomic mass is 16.5. The molecule has 0 spiro atoms. The van der Waals surface area contributed by atoms with Crippen molar-refractivity contribution >= 4 is 0 Å². The molecule has 3 rings (SSSR count). The highest BCUT2D eigenvalue weighted by Crippen LogP contribution is 2.21. The molecule has 104 valence electrons. The fourth-order valence-electron chi connectivity index (χ4n) is 3.05. The van der Waals surface area contributed by atoms with E-state index in [1.54, 1.807) is 0 Å². The van der Waals surface area contributed by atoms with Gasteiger partial charge in [0.25, 0.3) is 0 Å². The van der Waals surface area contributed by atoms with E-state index in [0.29, 0.717) is 0 Å². The summed E-state index contributed by atoms with van der Waals surface area (Å²) >= 11 is 0. The van der Waals surface area contributed by atoms with E-state index in [2.05, 4.69) is 34.5 Å². The van der Waals surface area contributed by atoms with Crippen LogP contribution in [0, 0.1) is 0 Å². The normalized spacial score (nSPS) is 25.4. The molecule has 1 N–H and O–H groups in total. The maximum atomic E-state index is 5.83. The number of nitrogens with zero attached hydrogens (tertiary/aromatic N) is 1. The Morgan fingerprint density at radius 3 is 2.89 bits per heavy atom. The second-order valence-corrected chi connectivity index (χ2v) is 5.65. The number of likely N-dealkylation sites (tertiary alicyclic amines) is 1. The van der Waals surface area contributed by atoms with Gasteiger partial charge in [0.2, 0.25) is 0 Å². The standard InChI is InChI=1S/C16H24N2O/c1-2-8-18(9-3-1)13-14-5-4-6-15(11-14)16-12-17-7-10-19-16/h4-6,11,16-17H,1-3,7-10,12-13H2. The third-order valence-electron chi connectivity index (χ3n) is 4.11. The van der Waals surface area contributed by atoms with E-state index in [-0.39, 0.29) is 6.10 Å². The van der Waals surface area contributed by atoms with E-state index < -0.39 is 0 Å². The average molecular weight is 260 g/mol. The van der Waals surface area contributed by atoms with Crippen molar-refractivity contribution in [2.24, 2.45) is 0 Å². The van der Waals surface area contributed by atoms with Crippen LogP contribution in [0.15, 0.2) is 24.3 Å². The molecule has 0 aliphatic carbocycles. The quantitative estimate of drug-likeness (QED) is 0.903. The largest absolute Gasteiger partial charge is 0.371 e. The maximum absolute atomic E-state index is 5.83. The predicted octanol–water partition coefficient (Wildman–Crippen LogP) is 2.33. The van der Waals surface area contributed by atoms with E-state index in [1.807, 2.05) is 0 Å². The smallest absolute Gasteiger partial charge is 0.0949 e. The van der Waals surface area contributed by atoms with Gasteiger partial charge in [0.15, 0.2) is 0 Å². The molecule has 2 saturated heterocycles. The SMILES string of the molecule is c1cc(CN2CCCCC2)cc(C2CNCCO2)c1. The first-order chi connectivity index (χ1) is 9.42. The van der Waals surface area contributed by atoms with Crippen LogP contribution in [0.25, 0.3) is 0 Å². The van der Waals surface area contributed by atoms with Crippen LogP contribution in [0.3, 0.4) is 0 Å². The highest BCUT2D eigenvalue weighted by molar-refractivity contribution is 5.26. The van der Waals surface area contributed by atoms with Crippen LogP contribution in [0.5, 0.6) is 0 Å². The van der Waals surface area contributed by atoms with E-state index in [0.717, 1.165) is 26.2 Å². The fourth-order valence-corrected chi connectivity index (χ4v) is 3.05. The molecule has 2 fully saturated rings. The number of hydrogen-bond donors (Lipinski definition) is 1. The zero-order valence-corrected chi connectivity index (χ0v) is 11.6. The van der Waals surface area contributed by atoms with Crippen molar-refractivity contribution in [3.8, 4) is 0 Å². The molecule has 3 nitrogen and oxygen atoms in total. The van der Waals surface area contributed by atoms with Crippen molar-refractivity contribution in [2.75, 3.05) is 32.8 Å². The first-order valence-corrected chi connectivity index (χ1v) is 7.55. The molecule has 1 unspecified atom stereocenters. The van der Waals surface area contributed by atoms with E-state index in [1.165, 1.54) is 43.5 Å². The minimum absolute atomic E-state index is 0.232. The van der Waals surface area contributed by atoms with Gasteiger partial charge in [-0.1, -0.05) is 30.7 Å². The highest BCUT2D eigenvalue weighted by Gasteiger charge is 2.16. The predicted molar refractivity (Wildman–Crippen MR) is 77.1 cm³/mol. The van der Waals surface area contributed by atoms with Gasteiger partial charge in [-0.3, -0.25) is 4.90 Å². The summed E-state index contributed by atoms with van der Waals surface area (Å²) in [5, 5.41) is 3.40. The molecule has 0 bridgehead atoms. The second kappa shape index (κ2) is 6.51. The molecular formula is C16H24N2O. The summed E-state index contributed by atoms with van der Waals surface area (Å²) in [6.07, 6.45) is 4.35. The lowest BCUT2D eigenvalue weighted by Crippen LogP contribution is -2.33. The Hall–Kier alpha value is -0.900. The third kappa shape index (κ3) is 3.56. The van der Waals surface area contributed by atoms with E-state index in [4.69, 9.17) is 4.74 Å². The Morgan fingerprint density at radius 2 is 2.11 bits per heavy atom. The topological polar surface area (TPSA) is 24.5 Å². The molecule has 2 aliphatic heterocycles. The maximum Gasteiger partial charge on any atom is 0.0949 e. The minimum atomic E-state index is 0.232. The number of benzene rings is 1. The molecule has 0 amide bonds. The van der Waals surface area contributed by atoms with Crippen molar-refractivity contribution in [1.29, 1.82) is 0 Å². The summed E-state index contributed by atoms with van der Waals surface area (Å²) in [5.74, 6) is 0. The van der Waals surface area contributed by atoms with Gasteiger partial charge in [0, 0.05) is 19.6 Å². The summed E-state index contributed by atoms with van der Waals surface area (Å²) in [6, 6.07) is 8.94. The number of nitrogens with one attached hydrogen (secondary N) is 1. The average Bonchev–Trinajstić information content (AvgIpc) is 2.49. The third-order valence-corrected chi connectivity index (χ3v) is 4.11. The molecule has 3 heteroatoms. The summed E-state index contributed by atoms with van der Waals surface area (Å²) < 4.78 is 5.83. The first-order valence-electron chi connectivity index (χ1n) is 7.55. The van der Waals surface area contributed by atoms with Crippen molar-refractivity contribution in [1.82, 2.24) is 10.2 Å². The molecular weight excluding hydrogens is 236 g/mol. The molecule has 0 radical (unpaired) electrons. The van der Waals surface area contributed by atoms with E-state index in [9.17, 15) is 0 Å². The molecule has 0 aromatic heterocycles. The van der Waals surface area contributed by atoms with Gasteiger partial charge in [0.1, 0.15) is 0 Å². The lowest BCUT2D eigenvalue weighted by molar-refractivity contribution is 0.0276. The Morgan fingerprint density at radius 1 is 1.21 bits per heavy atom. The minimum Gasteiger partial charge on any atom is -0.371 e. The van der Waals surface area contributed by atoms with Gasteiger partial charge in [-0.15, -0.1) is 0 Å². The lowest BCUT2D eigenvalue weighted by atomic mass is 10.0. The lowest BCUT2D eigenvalue weighted by Gasteiger charge is -2.27. The summed E-state index contributed by atoms with van der Waals surface area (Å²) in [6.45, 7) is 6.34. The van der Waals surface area contributed by atoms with Gasteiger partial charge in [-0.25, -0.2) is 0 Å². The Kier molecular flexibility index (Phi) is 4.49. The van der Waals surface area contributed by atoms with Gasteiger partial charge >= 0.3 is 0 Å². The zero-order chi connectivity index (χ0) is 12.9. The molecule has 1 atom stereocenters. The van der Waals surface area contributed by atoms with Crippen LogP contribution in [-0.4, -0.2) is 37.7 Å². The molecule has 1 aromatic carbocycles. The van der Waals surface area contributed by atoms with Crippen LogP contribution in [-0.2, 0) is 11.3 Å². The van der Waals surface area contributed by atoms with Gasteiger partial charge in [0.05, 0.1) is 12.7 Å². The van der Waals surface area contributed by atoms with Crippen LogP contribution in [0.2, 0.25) is 0 Å². The van der Waals surface area contributed by atoms with Crippen molar-refractivity contribution in [3.05, 3.63) is 35.4 Å². The molecule has 2 heterocycles. The number of piperidine rings is 1. The Bertz CT molecular complexity index is 395. The number of hydrogen-bond acceptors (Lipinski definition) is 3. The van der Waals surface area contributed by atoms with Crippen LogP contribution < -0.4 is 5.32 Å². The van der Waals surface area contributed by atoms with Crippen molar-refractivity contribution in [2.45, 2.75) is 31.9 Å². The number of ether oxygens (including phenoxy) is 1. The molecule has 19 heavy (non-hydrogen) atoms. The van der Waals surface area contributed by atoms with Gasteiger partial charge in [-0.05, 0) is 37.1 Å². The van der Waals surface area contributed by atoms with Crippen LogP contribution >= 0.6 is 0 Å². The Balaban J connectivity index is 1.64. The first kappa shape index (κ1) is 13.1. The number of morpholine rings is 1. The molecule has 0 saturated carbocycles. The zero-order valence-electron chi connectivity index (χ0n) is 11.6. The summed E-state index contributed by atoms with van der Waals surface area (Å²) in [5.41, 5.74) is 2.75. The monoisotopic (exact) mass is 260 g/mol. The molecule has 2 aliphatic rings. The van der Waals surface area contributed by atoms with Crippen LogP contribution in [0.1, 0.15) is 36.5 Å². The summed E-state index contributed by atoms with van der Waals surface area (Å²) in [7, 11) is 0. The van der Waals surface area contributed by atoms with Crippen molar-refractivity contribution in [3.63, 3.8) is 0 Å². The molecule has 1 aromatic rings.